The maximum absolute atomic E-state index is 7.90. The molecule has 0 aliphatic carbocycles. The first-order valence-corrected chi connectivity index (χ1v) is 9.32. The van der Waals surface area contributed by atoms with E-state index in [0.29, 0.717) is 13.0 Å². The van der Waals surface area contributed by atoms with Gasteiger partial charge in [0.1, 0.15) is 12.9 Å². The second-order valence-corrected chi connectivity index (χ2v) is 6.24. The molecule has 0 aromatic heterocycles. The van der Waals surface area contributed by atoms with Gasteiger partial charge in [-0.25, -0.2) is 0 Å². The van der Waals surface area contributed by atoms with Crippen LogP contribution < -0.4 is 0 Å². The van der Waals surface area contributed by atoms with Crippen molar-refractivity contribution in [2.75, 3.05) is 46.8 Å². The summed E-state index contributed by atoms with van der Waals surface area (Å²) in [4.78, 5) is 0. The molecule has 5 heteroatoms. The molecule has 0 bridgehead atoms. The monoisotopic (exact) mass is 350 g/mol. The zero-order chi connectivity index (χ0) is 20.9. The third-order valence-electron chi connectivity index (χ3n) is 3.93. The fourth-order valence-electron chi connectivity index (χ4n) is 2.38. The lowest BCUT2D eigenvalue weighted by Gasteiger charge is -2.17. The van der Waals surface area contributed by atoms with Gasteiger partial charge in [0.05, 0.1) is 44.5 Å². The Bertz CT molecular complexity index is 395. The van der Waals surface area contributed by atoms with Crippen LogP contribution in [0.3, 0.4) is 0 Å². The molecule has 1 fully saturated rings. The van der Waals surface area contributed by atoms with Crippen molar-refractivity contribution in [3.8, 4) is 0 Å². The molecule has 1 aliphatic rings. The van der Waals surface area contributed by atoms with Crippen LogP contribution in [0.25, 0.3) is 0 Å². The van der Waals surface area contributed by atoms with Gasteiger partial charge in [-0.15, -0.1) is 0 Å². The van der Waals surface area contributed by atoms with Gasteiger partial charge >= 0.3 is 0 Å². The standard InChI is InChI=1S/C19H38O5/c1-3-4-5-6-7-8-9-10-11-18(24-17-20-2)14-21-12-13-22-15-19-16-23-19/h18-19H,3-17H2,1-2H3/t18-,19-/m0/s1/i12D2,13D2. The zero-order valence-corrected chi connectivity index (χ0v) is 15.4. The summed E-state index contributed by atoms with van der Waals surface area (Å²) < 4.78 is 57.2. The molecule has 0 aromatic rings. The van der Waals surface area contributed by atoms with E-state index in [2.05, 4.69) is 6.92 Å². The molecule has 1 saturated heterocycles. The molecule has 5 nitrogen and oxygen atoms in total. The minimum atomic E-state index is -2.59. The molecule has 1 heterocycles. The van der Waals surface area contributed by atoms with E-state index in [0.717, 1.165) is 12.8 Å². The Morgan fingerprint density at radius 3 is 2.38 bits per heavy atom. The van der Waals surface area contributed by atoms with E-state index in [1.165, 1.54) is 45.6 Å². The highest BCUT2D eigenvalue weighted by Gasteiger charge is 2.22. The van der Waals surface area contributed by atoms with Crippen LogP contribution in [0.1, 0.15) is 70.2 Å². The van der Waals surface area contributed by atoms with Gasteiger partial charge < -0.3 is 23.7 Å². The van der Waals surface area contributed by atoms with E-state index in [1.807, 2.05) is 0 Å². The van der Waals surface area contributed by atoms with Crippen LogP contribution in [0.2, 0.25) is 0 Å². The summed E-state index contributed by atoms with van der Waals surface area (Å²) in [6, 6.07) is 0. The Balaban J connectivity index is 2.29. The number of ether oxygens (including phenoxy) is 5. The number of hydrogen-bond donors (Lipinski definition) is 0. The quantitative estimate of drug-likeness (QED) is 0.201. The molecule has 2 atom stereocenters. The maximum atomic E-state index is 7.90. The summed E-state index contributed by atoms with van der Waals surface area (Å²) in [6.45, 7) is -2.38. The van der Waals surface area contributed by atoms with Crippen molar-refractivity contribution in [2.24, 2.45) is 0 Å². The zero-order valence-electron chi connectivity index (χ0n) is 19.4. The van der Waals surface area contributed by atoms with Crippen molar-refractivity contribution in [2.45, 2.75) is 76.9 Å². The highest BCUT2D eigenvalue weighted by molar-refractivity contribution is 4.67. The fourth-order valence-corrected chi connectivity index (χ4v) is 2.38. The molecular weight excluding hydrogens is 308 g/mol. The van der Waals surface area contributed by atoms with Crippen LogP contribution in [0.15, 0.2) is 0 Å². The average molecular weight is 351 g/mol. The summed E-state index contributed by atoms with van der Waals surface area (Å²) in [5.41, 5.74) is 0. The third-order valence-corrected chi connectivity index (χ3v) is 3.93. The number of methoxy groups -OCH3 is 1. The summed E-state index contributed by atoms with van der Waals surface area (Å²) >= 11 is 0. The average Bonchev–Trinajstić information content (AvgIpc) is 3.48. The van der Waals surface area contributed by atoms with Crippen LogP contribution in [-0.4, -0.2) is 59.0 Å². The first kappa shape index (κ1) is 16.0. The van der Waals surface area contributed by atoms with E-state index < -0.39 is 13.1 Å². The minimum absolute atomic E-state index is 0.0116. The molecule has 0 radical (unpaired) electrons. The minimum Gasteiger partial charge on any atom is -0.376 e. The Morgan fingerprint density at radius 2 is 1.71 bits per heavy atom. The van der Waals surface area contributed by atoms with Gasteiger partial charge in [-0.3, -0.25) is 0 Å². The lowest BCUT2D eigenvalue weighted by molar-refractivity contribution is -0.103. The van der Waals surface area contributed by atoms with Crippen molar-refractivity contribution < 1.29 is 29.2 Å². The molecule has 144 valence electrons. The topological polar surface area (TPSA) is 49.5 Å². The van der Waals surface area contributed by atoms with Crippen LogP contribution in [0.4, 0.5) is 0 Å². The SMILES string of the molecule is [2H]C([2H])(OC[C@H]1CO1)C([2H])([2H])OC[C@H](CCCCCCCCCC)OCOC. The molecule has 0 spiro atoms. The van der Waals surface area contributed by atoms with Gasteiger partial charge in [0.15, 0.2) is 0 Å². The van der Waals surface area contributed by atoms with E-state index in [1.54, 1.807) is 0 Å². The lowest BCUT2D eigenvalue weighted by Crippen LogP contribution is -2.22. The molecule has 1 aliphatic heterocycles. The van der Waals surface area contributed by atoms with Gasteiger partial charge in [0, 0.05) is 7.11 Å². The van der Waals surface area contributed by atoms with Gasteiger partial charge in [-0.1, -0.05) is 58.3 Å². The van der Waals surface area contributed by atoms with Crippen molar-refractivity contribution in [3.63, 3.8) is 0 Å². The van der Waals surface area contributed by atoms with Crippen LogP contribution in [0, 0.1) is 0 Å². The first-order chi connectivity index (χ1) is 13.3. The Labute approximate surface area is 153 Å². The van der Waals surface area contributed by atoms with Crippen LogP contribution in [-0.2, 0) is 23.7 Å². The largest absolute Gasteiger partial charge is 0.376 e. The van der Waals surface area contributed by atoms with Gasteiger partial charge in [0.2, 0.25) is 0 Å². The van der Waals surface area contributed by atoms with Gasteiger partial charge in [-0.2, -0.15) is 0 Å². The second kappa shape index (κ2) is 16.3. The van der Waals surface area contributed by atoms with Crippen molar-refractivity contribution in [1.82, 2.24) is 0 Å². The second-order valence-electron chi connectivity index (χ2n) is 6.24. The van der Waals surface area contributed by atoms with Crippen molar-refractivity contribution in [1.29, 1.82) is 0 Å². The summed E-state index contributed by atoms with van der Waals surface area (Å²) in [5.74, 6) is 0. The summed E-state index contributed by atoms with van der Waals surface area (Å²) in [6.07, 6.45) is 9.83. The summed E-state index contributed by atoms with van der Waals surface area (Å²) in [5, 5.41) is 0. The Kier molecular flexibility index (Phi) is 10.9. The maximum Gasteiger partial charge on any atom is 0.146 e. The number of rotatable bonds is 19. The Morgan fingerprint density at radius 1 is 1.04 bits per heavy atom. The van der Waals surface area contributed by atoms with E-state index in [4.69, 9.17) is 29.2 Å². The van der Waals surface area contributed by atoms with E-state index >= 15 is 0 Å². The molecule has 0 amide bonds. The molecule has 0 N–H and O–H groups in total. The number of epoxide rings is 1. The lowest BCUT2D eigenvalue weighted by atomic mass is 10.1. The molecular formula is C19H38O5. The predicted molar refractivity (Wildman–Crippen MR) is 95.4 cm³/mol. The molecule has 0 saturated carbocycles. The predicted octanol–water partition coefficient (Wildman–Crippen LogP) is 3.94. The normalized spacial score (nSPS) is 21.7. The third kappa shape index (κ3) is 14.2. The Hall–Kier alpha value is -0.200. The van der Waals surface area contributed by atoms with E-state index in [9.17, 15) is 0 Å². The molecule has 1 rings (SSSR count). The highest BCUT2D eigenvalue weighted by atomic mass is 16.7. The molecule has 0 aromatic carbocycles. The summed E-state index contributed by atoms with van der Waals surface area (Å²) in [7, 11) is 1.53. The van der Waals surface area contributed by atoms with Gasteiger partial charge in [0.25, 0.3) is 0 Å². The van der Waals surface area contributed by atoms with Gasteiger partial charge in [-0.05, 0) is 6.42 Å². The van der Waals surface area contributed by atoms with Crippen molar-refractivity contribution in [3.05, 3.63) is 0 Å². The first-order valence-electron chi connectivity index (χ1n) is 11.3. The number of hydrogen-bond acceptors (Lipinski definition) is 5. The molecule has 0 unspecified atom stereocenters. The van der Waals surface area contributed by atoms with Crippen molar-refractivity contribution >= 4 is 0 Å². The van der Waals surface area contributed by atoms with E-state index in [-0.39, 0.29) is 32.2 Å². The van der Waals surface area contributed by atoms with Crippen LogP contribution >= 0.6 is 0 Å². The fraction of sp³-hybridized carbons (Fsp3) is 1.00. The highest BCUT2D eigenvalue weighted by Crippen LogP contribution is 2.12. The van der Waals surface area contributed by atoms with Crippen LogP contribution in [0.5, 0.6) is 0 Å². The smallest absolute Gasteiger partial charge is 0.146 e. The number of unbranched alkanes of at least 4 members (excludes halogenated alkanes) is 7. The molecule has 24 heavy (non-hydrogen) atoms.